The highest BCUT2D eigenvalue weighted by atomic mass is 32.2. The summed E-state index contributed by atoms with van der Waals surface area (Å²) in [7, 11) is -3.17. The van der Waals surface area contributed by atoms with Crippen molar-refractivity contribution >= 4 is 33.0 Å². The van der Waals surface area contributed by atoms with Gasteiger partial charge in [-0.2, -0.15) is 0 Å². The average Bonchev–Trinajstić information content (AvgIpc) is 3.05. The number of piperidine rings is 1. The molecule has 0 radical (unpaired) electrons. The molecular weight excluding hydrogens is 635 g/mol. The molecule has 1 aromatic carbocycles. The Bertz CT molecular complexity index is 1720. The van der Waals surface area contributed by atoms with E-state index in [1.165, 1.54) is 23.0 Å². The van der Waals surface area contributed by atoms with Gasteiger partial charge in [0.05, 0.1) is 28.5 Å². The number of sulfone groups is 1. The first-order chi connectivity index (χ1) is 22.5. The van der Waals surface area contributed by atoms with Gasteiger partial charge in [0.1, 0.15) is 39.7 Å². The van der Waals surface area contributed by atoms with Gasteiger partial charge in [0, 0.05) is 43.2 Å². The number of hydrogen-bond acceptors (Lipinski definition) is 9. The Labute approximate surface area is 272 Å². The lowest BCUT2D eigenvalue weighted by atomic mass is 9.86. The summed E-state index contributed by atoms with van der Waals surface area (Å²) in [5.41, 5.74) is -0.0704. The number of halogens is 3. The number of anilines is 1. The van der Waals surface area contributed by atoms with Crippen LogP contribution in [-0.4, -0.2) is 67.0 Å². The Morgan fingerprint density at radius 2 is 1.85 bits per heavy atom. The van der Waals surface area contributed by atoms with E-state index in [2.05, 4.69) is 20.6 Å². The lowest BCUT2D eigenvalue weighted by Gasteiger charge is -2.31. The van der Waals surface area contributed by atoms with Crippen molar-refractivity contribution in [2.45, 2.75) is 76.3 Å². The molecule has 5 rings (SSSR count). The number of carbonyl (C=O) groups excluding carboxylic acids is 1. The van der Waals surface area contributed by atoms with E-state index < -0.39 is 39.1 Å². The maximum Gasteiger partial charge on any atom is 0.278 e. The molecule has 0 bridgehead atoms. The van der Waals surface area contributed by atoms with E-state index >= 15 is 13.2 Å². The topological polar surface area (TPSA) is 132 Å². The Kier molecular flexibility index (Phi) is 11.3. The van der Waals surface area contributed by atoms with Crippen LogP contribution in [0.4, 0.5) is 19.0 Å². The molecule has 0 aliphatic carbocycles. The molecule has 0 spiro atoms. The van der Waals surface area contributed by atoms with E-state index in [1.54, 1.807) is 13.0 Å². The minimum Gasteiger partial charge on any atom is -0.381 e. The minimum absolute atomic E-state index is 0.0190. The summed E-state index contributed by atoms with van der Waals surface area (Å²) >= 11 is 0. The highest BCUT2D eigenvalue weighted by Gasteiger charge is 2.44. The molecule has 1 atom stereocenters. The fourth-order valence-corrected chi connectivity index (χ4v) is 8.04. The third-order valence-corrected chi connectivity index (χ3v) is 11.0. The number of benzene rings is 1. The van der Waals surface area contributed by atoms with Crippen molar-refractivity contribution in [3.05, 3.63) is 63.5 Å². The number of hydrogen-bond donors (Lipinski definition) is 2. The SMILES string of the molecule is CC(Nc1ncnc2c1cc(C1CCS(=O)(=O)CC1)c(=O)n2CCCOCCCC=O)c1cccc(C(F)(F)C2CCNCC2)c1F. The Morgan fingerprint density at radius 1 is 1.13 bits per heavy atom. The van der Waals surface area contributed by atoms with Gasteiger partial charge in [-0.15, -0.1) is 0 Å². The zero-order chi connectivity index (χ0) is 33.6. The van der Waals surface area contributed by atoms with Gasteiger partial charge in [0.2, 0.25) is 0 Å². The van der Waals surface area contributed by atoms with E-state index in [-0.39, 0.29) is 47.9 Å². The number of alkyl halides is 2. The molecule has 0 amide bonds. The van der Waals surface area contributed by atoms with E-state index in [1.807, 2.05) is 0 Å². The number of ether oxygens (including phenoxy) is 1. The third-order valence-electron chi connectivity index (χ3n) is 9.25. The summed E-state index contributed by atoms with van der Waals surface area (Å²) in [6.07, 6.45) is 4.72. The van der Waals surface area contributed by atoms with Crippen LogP contribution in [0.25, 0.3) is 11.0 Å². The van der Waals surface area contributed by atoms with Crippen LogP contribution in [0.2, 0.25) is 0 Å². The van der Waals surface area contributed by atoms with Crippen LogP contribution in [0.1, 0.15) is 80.5 Å². The molecule has 14 heteroatoms. The van der Waals surface area contributed by atoms with Gasteiger partial charge in [-0.25, -0.2) is 31.6 Å². The van der Waals surface area contributed by atoms with Crippen molar-refractivity contribution in [3.63, 3.8) is 0 Å². The van der Waals surface area contributed by atoms with E-state index in [9.17, 15) is 18.0 Å². The van der Waals surface area contributed by atoms with Gasteiger partial charge in [-0.3, -0.25) is 9.36 Å². The highest BCUT2D eigenvalue weighted by molar-refractivity contribution is 7.91. The number of carbonyl (C=O) groups is 1. The van der Waals surface area contributed by atoms with Crippen molar-refractivity contribution in [2.75, 3.05) is 43.1 Å². The molecule has 2 N–H and O–H groups in total. The van der Waals surface area contributed by atoms with Crippen molar-refractivity contribution in [3.8, 4) is 0 Å². The average molecular weight is 678 g/mol. The number of rotatable bonds is 14. The smallest absolute Gasteiger partial charge is 0.278 e. The summed E-state index contributed by atoms with van der Waals surface area (Å²) in [5, 5.41) is 6.72. The summed E-state index contributed by atoms with van der Waals surface area (Å²) in [6, 6.07) is 4.96. The monoisotopic (exact) mass is 677 g/mol. The van der Waals surface area contributed by atoms with E-state index in [0.717, 1.165) is 12.4 Å². The summed E-state index contributed by atoms with van der Waals surface area (Å²) < 4.78 is 78.4. The Morgan fingerprint density at radius 3 is 2.57 bits per heavy atom. The summed E-state index contributed by atoms with van der Waals surface area (Å²) in [4.78, 5) is 33.2. The molecule has 4 heterocycles. The fourth-order valence-electron chi connectivity index (χ4n) is 6.54. The van der Waals surface area contributed by atoms with Gasteiger partial charge in [-0.05, 0) is 70.5 Å². The van der Waals surface area contributed by atoms with Crippen molar-refractivity contribution in [1.82, 2.24) is 19.9 Å². The number of nitrogens with one attached hydrogen (secondary N) is 2. The number of aromatic nitrogens is 3. The highest BCUT2D eigenvalue weighted by Crippen LogP contribution is 2.43. The summed E-state index contributed by atoms with van der Waals surface area (Å²) in [5.74, 6) is -5.30. The number of fused-ring (bicyclic) bond motifs is 1. The van der Waals surface area contributed by atoms with Crippen LogP contribution in [0.15, 0.2) is 35.4 Å². The van der Waals surface area contributed by atoms with Crippen molar-refractivity contribution in [2.24, 2.45) is 5.92 Å². The van der Waals surface area contributed by atoms with Crippen LogP contribution in [0.5, 0.6) is 0 Å². The first-order valence-electron chi connectivity index (χ1n) is 16.3. The second kappa shape index (κ2) is 15.2. The van der Waals surface area contributed by atoms with E-state index in [4.69, 9.17) is 4.74 Å². The fraction of sp³-hybridized carbons (Fsp3) is 0.576. The second-order valence-electron chi connectivity index (χ2n) is 12.4. The Balaban J connectivity index is 1.46. The zero-order valence-electron chi connectivity index (χ0n) is 26.5. The predicted octanol–water partition coefficient (Wildman–Crippen LogP) is 4.87. The largest absolute Gasteiger partial charge is 0.381 e. The first-order valence-corrected chi connectivity index (χ1v) is 18.1. The minimum atomic E-state index is -3.33. The van der Waals surface area contributed by atoms with Gasteiger partial charge in [0.15, 0.2) is 0 Å². The number of pyridine rings is 1. The molecule has 47 heavy (non-hydrogen) atoms. The maximum atomic E-state index is 15.9. The van der Waals surface area contributed by atoms with Crippen LogP contribution in [0.3, 0.4) is 0 Å². The molecule has 1 unspecified atom stereocenters. The normalized spacial score (nSPS) is 18.3. The molecule has 10 nitrogen and oxygen atoms in total. The maximum absolute atomic E-state index is 15.9. The molecule has 0 saturated carbocycles. The molecule has 2 saturated heterocycles. The second-order valence-corrected chi connectivity index (χ2v) is 14.7. The van der Waals surface area contributed by atoms with Crippen LogP contribution >= 0.6 is 0 Å². The van der Waals surface area contributed by atoms with Gasteiger partial charge in [-0.1, -0.05) is 18.2 Å². The third kappa shape index (κ3) is 8.03. The molecule has 256 valence electrons. The molecule has 2 aliphatic heterocycles. The molecule has 3 aromatic rings. The lowest BCUT2D eigenvalue weighted by Crippen LogP contribution is -2.37. The van der Waals surface area contributed by atoms with Gasteiger partial charge in [0.25, 0.3) is 11.5 Å². The molecule has 2 aromatic heterocycles. The van der Waals surface area contributed by atoms with Gasteiger partial charge >= 0.3 is 0 Å². The lowest BCUT2D eigenvalue weighted by molar-refractivity contribution is -0.108. The number of nitrogens with zero attached hydrogens (tertiary/aromatic N) is 3. The number of aldehydes is 1. The van der Waals surface area contributed by atoms with E-state index in [0.29, 0.717) is 80.8 Å². The quantitative estimate of drug-likeness (QED) is 0.181. The van der Waals surface area contributed by atoms with Crippen LogP contribution in [-0.2, 0) is 31.8 Å². The zero-order valence-corrected chi connectivity index (χ0v) is 27.3. The van der Waals surface area contributed by atoms with Crippen LogP contribution in [0, 0.1) is 11.7 Å². The van der Waals surface area contributed by atoms with Crippen LogP contribution < -0.4 is 16.2 Å². The molecule has 2 fully saturated rings. The Hall–Kier alpha value is -3.36. The molecular formula is C33H42F3N5O5S. The van der Waals surface area contributed by atoms with Crippen molar-refractivity contribution in [1.29, 1.82) is 0 Å². The predicted molar refractivity (Wildman–Crippen MR) is 173 cm³/mol. The molecule has 2 aliphatic rings. The summed E-state index contributed by atoms with van der Waals surface area (Å²) in [6.45, 7) is 3.60. The number of aryl methyl sites for hydroxylation is 1. The first kappa shape index (κ1) is 35.0. The van der Waals surface area contributed by atoms with Crippen molar-refractivity contribution < 1.29 is 31.1 Å². The van der Waals surface area contributed by atoms with Gasteiger partial charge < -0.3 is 20.2 Å². The standard InChI is InChI=1S/C33H42F3N5O5S/c1-22(25-6-4-7-28(29(25)34)33(35,36)24-8-12-37-13-9-24)40-30-27-20-26(23-10-18-47(44,45)19-11-23)32(43)41(31(27)39-21-38-30)14-5-17-46-16-3-2-15-42/h4,6-7,15,20-24,37H,2-3,5,8-14,16-19H2,1H3,(H,38,39,40). The number of unbranched alkanes of at least 4 members (excludes halogenated alkanes) is 1.